The summed E-state index contributed by atoms with van der Waals surface area (Å²) in [5, 5.41) is 3.25. The van der Waals surface area contributed by atoms with Crippen LogP contribution in [0.3, 0.4) is 0 Å². The lowest BCUT2D eigenvalue weighted by atomic mass is 10.2. The Balaban J connectivity index is 2.28. The summed E-state index contributed by atoms with van der Waals surface area (Å²) in [5.41, 5.74) is 7.45. The molecule has 0 fully saturated rings. The molecule has 84 valence electrons. The lowest BCUT2D eigenvalue weighted by Crippen LogP contribution is -2.10. The molecule has 2 rings (SSSR count). The topological polar surface area (TPSA) is 79.6 Å². The number of nitrogens with two attached hydrogens (primary N) is 1. The molecule has 5 heteroatoms. The summed E-state index contributed by atoms with van der Waals surface area (Å²) in [4.78, 5) is 11.2. The molecule has 0 bridgehead atoms. The number of nitrogen functional groups attached to an aromatic ring is 1. The Morgan fingerprint density at radius 2 is 2.19 bits per heavy atom. The summed E-state index contributed by atoms with van der Waals surface area (Å²) in [6, 6.07) is 4.24. The van der Waals surface area contributed by atoms with Crippen LogP contribution in [0.4, 0.5) is 11.8 Å². The summed E-state index contributed by atoms with van der Waals surface area (Å²) < 4.78 is 0. The quantitative estimate of drug-likeness (QED) is 0.733. The average molecular weight is 217 g/mol. The number of rotatable bonds is 3. The Kier molecular flexibility index (Phi) is 2.76. The van der Waals surface area contributed by atoms with Crippen molar-refractivity contribution in [1.29, 1.82) is 0 Å². The minimum Gasteiger partial charge on any atom is -0.369 e. The Hall–Kier alpha value is -2.04. The number of aromatic nitrogens is 3. The van der Waals surface area contributed by atoms with Crippen LogP contribution in [0.2, 0.25) is 0 Å². The van der Waals surface area contributed by atoms with E-state index >= 15 is 0 Å². The van der Waals surface area contributed by atoms with Crippen molar-refractivity contribution in [2.24, 2.45) is 0 Å². The summed E-state index contributed by atoms with van der Waals surface area (Å²) in [7, 11) is 0. The number of aromatic amines is 1. The molecular weight excluding hydrogens is 202 g/mol. The zero-order valence-electron chi connectivity index (χ0n) is 9.36. The van der Waals surface area contributed by atoms with Gasteiger partial charge in [-0.15, -0.1) is 0 Å². The van der Waals surface area contributed by atoms with Crippen LogP contribution < -0.4 is 11.1 Å². The van der Waals surface area contributed by atoms with E-state index in [4.69, 9.17) is 5.73 Å². The van der Waals surface area contributed by atoms with Gasteiger partial charge in [-0.1, -0.05) is 0 Å². The van der Waals surface area contributed by atoms with Crippen molar-refractivity contribution in [2.75, 3.05) is 11.1 Å². The molecule has 0 aromatic carbocycles. The average Bonchev–Trinajstić information content (AvgIpc) is 2.64. The van der Waals surface area contributed by atoms with Gasteiger partial charge in [-0.3, -0.25) is 0 Å². The van der Waals surface area contributed by atoms with Crippen LogP contribution in [0.5, 0.6) is 0 Å². The molecule has 4 N–H and O–H groups in total. The van der Waals surface area contributed by atoms with Crippen molar-refractivity contribution in [3.05, 3.63) is 24.5 Å². The fourth-order valence-corrected chi connectivity index (χ4v) is 1.46. The lowest BCUT2D eigenvalue weighted by Gasteiger charge is -2.09. The molecule has 0 saturated heterocycles. The van der Waals surface area contributed by atoms with Crippen LogP contribution >= 0.6 is 0 Å². The molecule has 0 aliphatic rings. The van der Waals surface area contributed by atoms with Crippen molar-refractivity contribution >= 4 is 11.8 Å². The van der Waals surface area contributed by atoms with E-state index in [1.54, 1.807) is 12.4 Å². The van der Waals surface area contributed by atoms with Gasteiger partial charge in [0.25, 0.3) is 0 Å². The maximum Gasteiger partial charge on any atom is 0.197 e. The Morgan fingerprint density at radius 1 is 1.38 bits per heavy atom. The molecule has 0 amide bonds. The molecular formula is C11H15N5. The van der Waals surface area contributed by atoms with Crippen LogP contribution in [0.25, 0.3) is 11.3 Å². The molecule has 16 heavy (non-hydrogen) atoms. The highest BCUT2D eigenvalue weighted by atomic mass is 15.0. The third-order valence-corrected chi connectivity index (χ3v) is 2.10. The fraction of sp³-hybridized carbons (Fsp3) is 0.273. The van der Waals surface area contributed by atoms with Crippen molar-refractivity contribution in [3.63, 3.8) is 0 Å². The molecule has 0 radical (unpaired) electrons. The molecule has 5 nitrogen and oxygen atoms in total. The minimum atomic E-state index is 0.356. The number of imidazole rings is 1. The monoisotopic (exact) mass is 217 g/mol. The first-order chi connectivity index (χ1) is 7.65. The predicted octanol–water partition coefficient (Wildman–Crippen LogP) is 1.87. The van der Waals surface area contributed by atoms with E-state index < -0.39 is 0 Å². The van der Waals surface area contributed by atoms with Crippen LogP contribution in [0.15, 0.2) is 24.5 Å². The van der Waals surface area contributed by atoms with Crippen molar-refractivity contribution in [2.45, 2.75) is 19.9 Å². The van der Waals surface area contributed by atoms with E-state index in [-0.39, 0.29) is 0 Å². The zero-order valence-corrected chi connectivity index (χ0v) is 9.36. The van der Waals surface area contributed by atoms with E-state index in [0.29, 0.717) is 12.0 Å². The SMILES string of the molecule is CC(C)Nc1cc(-c2cnc(N)[nH]2)ccn1. The lowest BCUT2D eigenvalue weighted by molar-refractivity contribution is 0.889. The normalized spacial score (nSPS) is 10.7. The maximum absolute atomic E-state index is 5.54. The molecule has 2 aromatic heterocycles. The van der Waals surface area contributed by atoms with Crippen molar-refractivity contribution in [3.8, 4) is 11.3 Å². The number of H-pyrrole nitrogens is 1. The highest BCUT2D eigenvalue weighted by Crippen LogP contribution is 2.19. The van der Waals surface area contributed by atoms with E-state index in [9.17, 15) is 0 Å². The molecule has 2 heterocycles. The summed E-state index contributed by atoms with van der Waals surface area (Å²) in [6.45, 7) is 4.14. The Bertz CT molecular complexity index is 475. The molecule has 0 saturated carbocycles. The number of anilines is 2. The highest BCUT2D eigenvalue weighted by molar-refractivity contribution is 5.63. The minimum absolute atomic E-state index is 0.356. The number of pyridine rings is 1. The summed E-state index contributed by atoms with van der Waals surface area (Å²) in [6.07, 6.45) is 3.47. The van der Waals surface area contributed by atoms with Crippen molar-refractivity contribution in [1.82, 2.24) is 15.0 Å². The van der Waals surface area contributed by atoms with Crippen LogP contribution in [0.1, 0.15) is 13.8 Å². The van der Waals surface area contributed by atoms with Gasteiger partial charge in [-0.25, -0.2) is 9.97 Å². The van der Waals surface area contributed by atoms with Crippen LogP contribution in [-0.4, -0.2) is 21.0 Å². The number of nitrogens with one attached hydrogen (secondary N) is 2. The van der Waals surface area contributed by atoms with E-state index in [0.717, 1.165) is 17.1 Å². The third-order valence-electron chi connectivity index (χ3n) is 2.10. The van der Waals surface area contributed by atoms with Gasteiger partial charge in [0, 0.05) is 17.8 Å². The van der Waals surface area contributed by atoms with Gasteiger partial charge in [0.1, 0.15) is 5.82 Å². The van der Waals surface area contributed by atoms with Gasteiger partial charge < -0.3 is 16.0 Å². The second-order valence-electron chi connectivity index (χ2n) is 3.91. The molecule has 0 aliphatic heterocycles. The number of nitrogens with zero attached hydrogens (tertiary/aromatic N) is 2. The maximum atomic E-state index is 5.54. The second-order valence-corrected chi connectivity index (χ2v) is 3.91. The summed E-state index contributed by atoms with van der Waals surface area (Å²) in [5.74, 6) is 1.27. The van der Waals surface area contributed by atoms with E-state index in [1.165, 1.54) is 0 Å². The van der Waals surface area contributed by atoms with E-state index in [1.807, 2.05) is 12.1 Å². The van der Waals surface area contributed by atoms with E-state index in [2.05, 4.69) is 34.1 Å². The van der Waals surface area contributed by atoms with Crippen LogP contribution in [0, 0.1) is 0 Å². The zero-order chi connectivity index (χ0) is 11.5. The predicted molar refractivity (Wildman–Crippen MR) is 65.0 cm³/mol. The van der Waals surface area contributed by atoms with Gasteiger partial charge in [0.15, 0.2) is 5.95 Å². The molecule has 2 aromatic rings. The van der Waals surface area contributed by atoms with Gasteiger partial charge in [0.05, 0.1) is 11.9 Å². The first-order valence-corrected chi connectivity index (χ1v) is 5.18. The fourth-order valence-electron chi connectivity index (χ4n) is 1.46. The number of hydrogen-bond donors (Lipinski definition) is 3. The Labute approximate surface area is 94.1 Å². The second kappa shape index (κ2) is 4.22. The first kappa shape index (κ1) is 10.5. The van der Waals surface area contributed by atoms with Gasteiger partial charge in [0.2, 0.25) is 0 Å². The number of hydrogen-bond acceptors (Lipinski definition) is 4. The first-order valence-electron chi connectivity index (χ1n) is 5.18. The Morgan fingerprint density at radius 3 is 2.81 bits per heavy atom. The van der Waals surface area contributed by atoms with Gasteiger partial charge in [-0.2, -0.15) is 0 Å². The van der Waals surface area contributed by atoms with Crippen molar-refractivity contribution < 1.29 is 0 Å². The highest BCUT2D eigenvalue weighted by Gasteiger charge is 2.03. The third kappa shape index (κ3) is 2.31. The van der Waals surface area contributed by atoms with Gasteiger partial charge >= 0.3 is 0 Å². The molecule has 0 unspecified atom stereocenters. The van der Waals surface area contributed by atoms with Gasteiger partial charge in [-0.05, 0) is 26.0 Å². The molecule has 0 aliphatic carbocycles. The summed E-state index contributed by atoms with van der Waals surface area (Å²) >= 11 is 0. The standard InChI is InChI=1S/C11H15N5/c1-7(2)15-10-5-8(3-4-13-10)9-6-14-11(12)16-9/h3-7H,1-2H3,(H,13,15)(H3,12,14,16). The van der Waals surface area contributed by atoms with Crippen LogP contribution in [-0.2, 0) is 0 Å². The molecule has 0 spiro atoms. The largest absolute Gasteiger partial charge is 0.369 e. The smallest absolute Gasteiger partial charge is 0.197 e. The molecule has 0 atom stereocenters.